The predicted octanol–water partition coefficient (Wildman–Crippen LogP) is 4.47. The first-order chi connectivity index (χ1) is 13.1. The zero-order valence-corrected chi connectivity index (χ0v) is 17.0. The summed E-state index contributed by atoms with van der Waals surface area (Å²) in [5.74, 6) is 0.520. The summed E-state index contributed by atoms with van der Waals surface area (Å²) in [6.07, 6.45) is 9.01. The number of aromatic amines is 1. The van der Waals surface area contributed by atoms with Gasteiger partial charge in [-0.2, -0.15) is 5.10 Å². The van der Waals surface area contributed by atoms with E-state index >= 15 is 0 Å². The number of amides is 1. The van der Waals surface area contributed by atoms with Gasteiger partial charge >= 0.3 is 0 Å². The van der Waals surface area contributed by atoms with Gasteiger partial charge in [0.2, 0.25) is 0 Å². The molecule has 2 N–H and O–H groups in total. The van der Waals surface area contributed by atoms with Crippen LogP contribution in [0.3, 0.4) is 0 Å². The fourth-order valence-electron chi connectivity index (χ4n) is 3.19. The van der Waals surface area contributed by atoms with Crippen LogP contribution in [-0.2, 0) is 0 Å². The van der Waals surface area contributed by atoms with Gasteiger partial charge in [-0.05, 0) is 45.0 Å². The molecule has 2 heterocycles. The molecule has 0 aromatic carbocycles. The lowest BCUT2D eigenvalue weighted by Gasteiger charge is -2.26. The first kappa shape index (κ1) is 21.2. The van der Waals surface area contributed by atoms with Gasteiger partial charge < -0.3 is 14.6 Å². The van der Waals surface area contributed by atoms with Crippen LogP contribution >= 0.6 is 0 Å². The van der Waals surface area contributed by atoms with Gasteiger partial charge in [0.1, 0.15) is 5.69 Å². The van der Waals surface area contributed by atoms with Crippen LogP contribution in [-0.4, -0.2) is 46.7 Å². The number of nitrogens with zero attached hydrogens (tertiary/aromatic N) is 2. The summed E-state index contributed by atoms with van der Waals surface area (Å²) in [6.45, 7) is 9.58. The Balaban J connectivity index is 1.85. The Morgan fingerprint density at radius 2 is 1.93 bits per heavy atom. The average Bonchev–Trinajstić information content (AvgIpc) is 3.33. The van der Waals surface area contributed by atoms with Crippen molar-refractivity contribution in [2.45, 2.75) is 65.3 Å². The van der Waals surface area contributed by atoms with Crippen LogP contribution in [0.1, 0.15) is 69.8 Å². The molecule has 1 amide bonds. The predicted molar refractivity (Wildman–Crippen MR) is 109 cm³/mol. The third kappa shape index (κ3) is 7.21. The van der Waals surface area contributed by atoms with Crippen molar-refractivity contribution in [3.05, 3.63) is 30.2 Å². The molecule has 2 aromatic heterocycles. The second-order valence-electron chi connectivity index (χ2n) is 7.23. The van der Waals surface area contributed by atoms with Crippen LogP contribution in [0.4, 0.5) is 0 Å². The highest BCUT2D eigenvalue weighted by Crippen LogP contribution is 2.17. The van der Waals surface area contributed by atoms with Gasteiger partial charge in [0.05, 0.1) is 6.26 Å². The number of carbonyl (C=O) groups excluding carboxylic acids is 1. The van der Waals surface area contributed by atoms with Gasteiger partial charge in [0, 0.05) is 18.7 Å². The summed E-state index contributed by atoms with van der Waals surface area (Å²) in [4.78, 5) is 15.0. The van der Waals surface area contributed by atoms with Crippen LogP contribution in [0, 0.1) is 0 Å². The van der Waals surface area contributed by atoms with Crippen molar-refractivity contribution in [2.24, 2.45) is 0 Å². The molecule has 1 atom stereocenters. The van der Waals surface area contributed by atoms with E-state index in [1.165, 1.54) is 38.5 Å². The van der Waals surface area contributed by atoms with Crippen molar-refractivity contribution in [2.75, 3.05) is 19.6 Å². The summed E-state index contributed by atoms with van der Waals surface area (Å²) in [7, 11) is 0. The van der Waals surface area contributed by atoms with Crippen LogP contribution < -0.4 is 5.32 Å². The molecule has 6 nitrogen and oxygen atoms in total. The molecule has 0 radical (unpaired) electrons. The van der Waals surface area contributed by atoms with E-state index in [1.54, 1.807) is 12.3 Å². The van der Waals surface area contributed by atoms with E-state index in [-0.39, 0.29) is 11.9 Å². The molecule has 150 valence electrons. The minimum atomic E-state index is -0.154. The number of rotatable bonds is 13. The SMILES string of the molecule is CCCCCN(CCCCC)CC(C)NC(=O)c1cc(-c2ccco2)[nH]n1. The molecule has 0 aliphatic heterocycles. The van der Waals surface area contributed by atoms with Crippen molar-refractivity contribution in [1.82, 2.24) is 20.4 Å². The Hall–Kier alpha value is -2.08. The number of furan rings is 1. The minimum Gasteiger partial charge on any atom is -0.463 e. The zero-order chi connectivity index (χ0) is 19.5. The highest BCUT2D eigenvalue weighted by atomic mass is 16.3. The van der Waals surface area contributed by atoms with E-state index in [1.807, 2.05) is 12.1 Å². The Bertz CT molecular complexity index is 641. The van der Waals surface area contributed by atoms with Gasteiger partial charge in [-0.15, -0.1) is 0 Å². The van der Waals surface area contributed by atoms with Crippen molar-refractivity contribution in [3.8, 4) is 11.5 Å². The lowest BCUT2D eigenvalue weighted by Crippen LogP contribution is -2.42. The monoisotopic (exact) mass is 374 g/mol. The third-order valence-corrected chi connectivity index (χ3v) is 4.66. The quantitative estimate of drug-likeness (QED) is 0.507. The molecule has 0 aliphatic rings. The van der Waals surface area contributed by atoms with Crippen LogP contribution in [0.2, 0.25) is 0 Å². The molecule has 0 aliphatic carbocycles. The Labute approximate surface area is 162 Å². The van der Waals surface area contributed by atoms with Crippen molar-refractivity contribution in [3.63, 3.8) is 0 Å². The van der Waals surface area contributed by atoms with Gasteiger partial charge in [-0.1, -0.05) is 39.5 Å². The molecule has 6 heteroatoms. The molecule has 0 bridgehead atoms. The highest BCUT2D eigenvalue weighted by Gasteiger charge is 2.17. The molecule has 27 heavy (non-hydrogen) atoms. The average molecular weight is 375 g/mol. The minimum absolute atomic E-state index is 0.0736. The number of hydrogen-bond acceptors (Lipinski definition) is 4. The number of aromatic nitrogens is 2. The molecule has 0 saturated carbocycles. The topological polar surface area (TPSA) is 74.2 Å². The summed E-state index contributed by atoms with van der Waals surface area (Å²) in [6, 6.07) is 5.44. The molecule has 1 unspecified atom stereocenters. The van der Waals surface area contributed by atoms with Crippen molar-refractivity contribution in [1.29, 1.82) is 0 Å². The second-order valence-corrected chi connectivity index (χ2v) is 7.23. The smallest absolute Gasteiger partial charge is 0.272 e. The van der Waals surface area contributed by atoms with Crippen LogP contribution in [0.25, 0.3) is 11.5 Å². The van der Waals surface area contributed by atoms with Gasteiger partial charge in [-0.3, -0.25) is 9.89 Å². The molecule has 0 fully saturated rings. The molecular formula is C21H34N4O2. The summed E-state index contributed by atoms with van der Waals surface area (Å²) < 4.78 is 5.33. The fraction of sp³-hybridized carbons (Fsp3) is 0.619. The van der Waals surface area contributed by atoms with E-state index in [0.717, 1.165) is 19.6 Å². The first-order valence-electron chi connectivity index (χ1n) is 10.3. The molecule has 2 rings (SSSR count). The van der Waals surface area contributed by atoms with Gasteiger partial charge in [-0.25, -0.2) is 0 Å². The third-order valence-electron chi connectivity index (χ3n) is 4.66. The van der Waals surface area contributed by atoms with Gasteiger partial charge in [0.25, 0.3) is 5.91 Å². The first-order valence-corrected chi connectivity index (χ1v) is 10.3. The van der Waals surface area contributed by atoms with Gasteiger partial charge in [0.15, 0.2) is 11.5 Å². The lowest BCUT2D eigenvalue weighted by molar-refractivity contribution is 0.0923. The van der Waals surface area contributed by atoms with E-state index < -0.39 is 0 Å². The zero-order valence-electron chi connectivity index (χ0n) is 17.0. The van der Waals surface area contributed by atoms with Crippen LogP contribution in [0.5, 0.6) is 0 Å². The Morgan fingerprint density at radius 1 is 1.22 bits per heavy atom. The van der Waals surface area contributed by atoms with E-state index in [9.17, 15) is 4.79 Å². The number of carbonyl (C=O) groups is 1. The van der Waals surface area contributed by atoms with E-state index in [4.69, 9.17) is 4.42 Å². The maximum atomic E-state index is 12.5. The Morgan fingerprint density at radius 3 is 2.52 bits per heavy atom. The summed E-state index contributed by atoms with van der Waals surface area (Å²) in [5, 5.41) is 10.0. The maximum Gasteiger partial charge on any atom is 0.272 e. The van der Waals surface area contributed by atoms with Crippen molar-refractivity contribution < 1.29 is 9.21 Å². The van der Waals surface area contributed by atoms with E-state index in [2.05, 4.69) is 41.2 Å². The normalized spacial score (nSPS) is 12.4. The lowest BCUT2D eigenvalue weighted by atomic mass is 10.2. The molecule has 0 saturated heterocycles. The largest absolute Gasteiger partial charge is 0.463 e. The Kier molecular flexibility index (Phi) is 9.11. The number of hydrogen-bond donors (Lipinski definition) is 2. The molecule has 0 spiro atoms. The van der Waals surface area contributed by atoms with Crippen LogP contribution in [0.15, 0.2) is 28.9 Å². The van der Waals surface area contributed by atoms with E-state index in [0.29, 0.717) is 17.1 Å². The van der Waals surface area contributed by atoms with Crippen molar-refractivity contribution >= 4 is 5.91 Å². The number of unbranched alkanes of at least 4 members (excludes halogenated alkanes) is 4. The standard InChI is InChI=1S/C21H34N4O2/c1-4-6-8-12-25(13-9-7-5-2)16-17(3)22-21(26)19-15-18(23-24-19)20-11-10-14-27-20/h10-11,14-15,17H,4-9,12-13,16H2,1-3H3,(H,22,26)(H,23,24). The number of nitrogens with one attached hydrogen (secondary N) is 2. The summed E-state index contributed by atoms with van der Waals surface area (Å²) in [5.41, 5.74) is 1.09. The number of H-pyrrole nitrogens is 1. The fourth-order valence-corrected chi connectivity index (χ4v) is 3.19. The molecular weight excluding hydrogens is 340 g/mol. The highest BCUT2D eigenvalue weighted by molar-refractivity contribution is 5.93. The second kappa shape index (κ2) is 11.6. The molecule has 2 aromatic rings. The maximum absolute atomic E-state index is 12.5. The summed E-state index contributed by atoms with van der Waals surface area (Å²) >= 11 is 0.